The standard InChI is InChI=1S/C19H21N3O2S/c1-12-4-5-16(8-14(12)3)22-11-15(9-18(22)23)19(24)21-20-10-17-13(2)6-7-25-17/h4-8,10,15H,9,11H2,1-3H3,(H,21,24)/b20-10-/t15-/m1/s1. The van der Waals surface area contributed by atoms with Crippen molar-refractivity contribution in [3.63, 3.8) is 0 Å². The van der Waals surface area contributed by atoms with Gasteiger partial charge in [-0.25, -0.2) is 5.43 Å². The Kier molecular flexibility index (Phi) is 4.99. The number of benzene rings is 1. The van der Waals surface area contributed by atoms with Crippen molar-refractivity contribution in [1.82, 2.24) is 5.43 Å². The van der Waals surface area contributed by atoms with E-state index in [-0.39, 0.29) is 24.2 Å². The minimum absolute atomic E-state index is 0.0264. The summed E-state index contributed by atoms with van der Waals surface area (Å²) in [5.41, 5.74) is 6.85. The summed E-state index contributed by atoms with van der Waals surface area (Å²) in [6, 6.07) is 7.92. The number of thiophene rings is 1. The van der Waals surface area contributed by atoms with Gasteiger partial charge in [-0.05, 0) is 61.0 Å². The van der Waals surface area contributed by atoms with E-state index in [1.807, 2.05) is 50.4 Å². The zero-order chi connectivity index (χ0) is 18.0. The van der Waals surface area contributed by atoms with Crippen molar-refractivity contribution >= 4 is 35.1 Å². The second kappa shape index (κ2) is 7.19. The number of carbonyl (C=O) groups is 2. The zero-order valence-corrected chi connectivity index (χ0v) is 15.4. The molecule has 3 rings (SSSR count). The molecule has 1 saturated heterocycles. The molecular formula is C19H21N3O2S. The van der Waals surface area contributed by atoms with Crippen LogP contribution in [0.4, 0.5) is 5.69 Å². The molecule has 2 aromatic rings. The quantitative estimate of drug-likeness (QED) is 0.676. The van der Waals surface area contributed by atoms with Crippen LogP contribution in [-0.4, -0.2) is 24.6 Å². The predicted octanol–water partition coefficient (Wildman–Crippen LogP) is 3.18. The monoisotopic (exact) mass is 355 g/mol. The van der Waals surface area contributed by atoms with Gasteiger partial charge >= 0.3 is 0 Å². The van der Waals surface area contributed by atoms with E-state index in [0.717, 1.165) is 21.7 Å². The fourth-order valence-electron chi connectivity index (χ4n) is 2.79. The molecule has 1 aromatic carbocycles. The Morgan fingerprint density at radius 1 is 1.24 bits per heavy atom. The minimum Gasteiger partial charge on any atom is -0.312 e. The van der Waals surface area contributed by atoms with Crippen LogP contribution in [0.15, 0.2) is 34.7 Å². The lowest BCUT2D eigenvalue weighted by Gasteiger charge is -2.17. The summed E-state index contributed by atoms with van der Waals surface area (Å²) in [6.07, 6.45) is 1.86. The fraction of sp³-hybridized carbons (Fsp3) is 0.316. The lowest BCUT2D eigenvalue weighted by Crippen LogP contribution is -2.30. The van der Waals surface area contributed by atoms with Crippen LogP contribution in [0, 0.1) is 26.7 Å². The van der Waals surface area contributed by atoms with Crippen LogP contribution in [0.2, 0.25) is 0 Å². The van der Waals surface area contributed by atoms with Crippen molar-refractivity contribution in [3.8, 4) is 0 Å². The largest absolute Gasteiger partial charge is 0.312 e. The summed E-state index contributed by atoms with van der Waals surface area (Å²) in [4.78, 5) is 27.3. The summed E-state index contributed by atoms with van der Waals surface area (Å²) >= 11 is 1.57. The van der Waals surface area contributed by atoms with Gasteiger partial charge in [0.1, 0.15) is 0 Å². The third kappa shape index (κ3) is 3.79. The first-order chi connectivity index (χ1) is 12.0. The average molecular weight is 355 g/mol. The van der Waals surface area contributed by atoms with Crippen LogP contribution in [0.1, 0.15) is 28.0 Å². The van der Waals surface area contributed by atoms with Crippen molar-refractivity contribution in [1.29, 1.82) is 0 Å². The van der Waals surface area contributed by atoms with Gasteiger partial charge in [-0.1, -0.05) is 6.07 Å². The van der Waals surface area contributed by atoms with E-state index in [9.17, 15) is 9.59 Å². The summed E-state index contributed by atoms with van der Waals surface area (Å²) in [6.45, 7) is 6.44. The van der Waals surface area contributed by atoms with Gasteiger partial charge in [0.2, 0.25) is 11.8 Å². The number of hydrazone groups is 1. The Hall–Kier alpha value is -2.47. The van der Waals surface area contributed by atoms with E-state index in [0.29, 0.717) is 6.54 Å². The molecule has 0 bridgehead atoms. The number of nitrogens with zero attached hydrogens (tertiary/aromatic N) is 2. The molecule has 130 valence electrons. The van der Waals surface area contributed by atoms with E-state index in [2.05, 4.69) is 10.5 Å². The molecule has 0 radical (unpaired) electrons. The first-order valence-corrected chi connectivity index (χ1v) is 9.08. The summed E-state index contributed by atoms with van der Waals surface area (Å²) in [5.74, 6) is -0.623. The minimum atomic E-state index is -0.379. The number of rotatable bonds is 4. The fourth-order valence-corrected chi connectivity index (χ4v) is 3.58. The highest BCUT2D eigenvalue weighted by atomic mass is 32.1. The van der Waals surface area contributed by atoms with Crippen LogP contribution in [-0.2, 0) is 9.59 Å². The second-order valence-electron chi connectivity index (χ2n) is 6.38. The molecule has 1 aromatic heterocycles. The highest BCUT2D eigenvalue weighted by Gasteiger charge is 2.35. The van der Waals surface area contributed by atoms with Crippen LogP contribution in [0.3, 0.4) is 0 Å². The lowest BCUT2D eigenvalue weighted by molar-refractivity contribution is -0.126. The van der Waals surface area contributed by atoms with Crippen molar-refractivity contribution < 1.29 is 9.59 Å². The third-order valence-electron chi connectivity index (χ3n) is 4.56. The lowest BCUT2D eigenvalue weighted by atomic mass is 10.1. The third-order valence-corrected chi connectivity index (χ3v) is 5.51. The second-order valence-corrected chi connectivity index (χ2v) is 7.32. The molecule has 0 saturated carbocycles. The van der Waals surface area contributed by atoms with E-state index in [1.165, 1.54) is 5.56 Å². The van der Waals surface area contributed by atoms with Gasteiger partial charge in [-0.15, -0.1) is 11.3 Å². The molecule has 6 heteroatoms. The molecule has 1 atom stereocenters. The van der Waals surface area contributed by atoms with Crippen LogP contribution in [0.25, 0.3) is 0 Å². The Bertz CT molecular complexity index is 841. The van der Waals surface area contributed by atoms with Crippen LogP contribution >= 0.6 is 11.3 Å². The average Bonchev–Trinajstić information content (AvgIpc) is 3.16. The number of aryl methyl sites for hydroxylation is 3. The molecule has 0 aliphatic carbocycles. The molecule has 2 heterocycles. The molecule has 2 amide bonds. The first kappa shape index (κ1) is 17.4. The molecule has 0 unspecified atom stereocenters. The number of carbonyl (C=O) groups excluding carboxylic acids is 2. The summed E-state index contributed by atoms with van der Waals surface area (Å²) in [5, 5.41) is 6.01. The maximum atomic E-state index is 12.3. The van der Waals surface area contributed by atoms with Gasteiger partial charge in [0.15, 0.2) is 0 Å². The highest BCUT2D eigenvalue weighted by molar-refractivity contribution is 7.11. The van der Waals surface area contributed by atoms with Crippen LogP contribution in [0.5, 0.6) is 0 Å². The van der Waals surface area contributed by atoms with E-state index < -0.39 is 0 Å². The van der Waals surface area contributed by atoms with Crippen molar-refractivity contribution in [2.75, 3.05) is 11.4 Å². The van der Waals surface area contributed by atoms with Gasteiger partial charge < -0.3 is 4.90 Å². The number of hydrogen-bond donors (Lipinski definition) is 1. The topological polar surface area (TPSA) is 61.8 Å². The van der Waals surface area contributed by atoms with E-state index in [1.54, 1.807) is 22.5 Å². The Balaban J connectivity index is 1.63. The molecule has 0 spiro atoms. The Labute approximate surface area is 151 Å². The molecule has 1 N–H and O–H groups in total. The highest BCUT2D eigenvalue weighted by Crippen LogP contribution is 2.26. The zero-order valence-electron chi connectivity index (χ0n) is 14.6. The summed E-state index contributed by atoms with van der Waals surface area (Å²) < 4.78 is 0. The molecule has 5 nitrogen and oxygen atoms in total. The molecule has 25 heavy (non-hydrogen) atoms. The van der Waals surface area contributed by atoms with Crippen molar-refractivity contribution in [2.24, 2.45) is 11.0 Å². The first-order valence-electron chi connectivity index (χ1n) is 8.20. The maximum absolute atomic E-state index is 12.3. The Morgan fingerprint density at radius 2 is 2.04 bits per heavy atom. The van der Waals surface area contributed by atoms with Gasteiger partial charge in [0.25, 0.3) is 0 Å². The van der Waals surface area contributed by atoms with E-state index in [4.69, 9.17) is 0 Å². The van der Waals surface area contributed by atoms with Gasteiger partial charge in [0.05, 0.1) is 12.1 Å². The smallest absolute Gasteiger partial charge is 0.245 e. The van der Waals surface area contributed by atoms with Crippen LogP contribution < -0.4 is 10.3 Å². The molecule has 1 aliphatic heterocycles. The number of anilines is 1. The number of hydrogen-bond acceptors (Lipinski definition) is 4. The van der Waals surface area contributed by atoms with Gasteiger partial charge in [0, 0.05) is 23.5 Å². The molecule has 1 fully saturated rings. The normalized spacial score (nSPS) is 17.5. The number of amides is 2. The van der Waals surface area contributed by atoms with E-state index >= 15 is 0 Å². The SMILES string of the molecule is Cc1ccc(N2C[C@H](C(=O)N/N=C\c3sccc3C)CC2=O)cc1C. The number of nitrogens with one attached hydrogen (secondary N) is 1. The molecule has 1 aliphatic rings. The maximum Gasteiger partial charge on any atom is 0.245 e. The van der Waals surface area contributed by atoms with Crippen molar-refractivity contribution in [3.05, 3.63) is 51.2 Å². The predicted molar refractivity (Wildman–Crippen MR) is 101 cm³/mol. The van der Waals surface area contributed by atoms with Gasteiger partial charge in [-0.3, -0.25) is 9.59 Å². The van der Waals surface area contributed by atoms with Gasteiger partial charge in [-0.2, -0.15) is 5.10 Å². The molecular weight excluding hydrogens is 334 g/mol. The summed E-state index contributed by atoms with van der Waals surface area (Å²) in [7, 11) is 0. The van der Waals surface area contributed by atoms with Crippen molar-refractivity contribution in [2.45, 2.75) is 27.2 Å². The Morgan fingerprint density at radius 3 is 2.72 bits per heavy atom.